The molecule has 0 amide bonds. The van der Waals surface area contributed by atoms with E-state index in [4.69, 9.17) is 4.74 Å². The Hall–Kier alpha value is -3.80. The van der Waals surface area contributed by atoms with Gasteiger partial charge in [0.2, 0.25) is 0 Å². The summed E-state index contributed by atoms with van der Waals surface area (Å²) in [4.78, 5) is 7.18. The molecule has 1 unspecified atom stereocenters. The summed E-state index contributed by atoms with van der Waals surface area (Å²) in [6.07, 6.45) is 7.88. The smallest absolute Gasteiger partial charge is 0.181 e. The van der Waals surface area contributed by atoms with Crippen LogP contribution >= 0.6 is 0 Å². The Morgan fingerprint density at radius 2 is 2.03 bits per heavy atom. The number of nitriles is 1. The van der Waals surface area contributed by atoms with E-state index in [1.165, 1.54) is 6.42 Å². The second-order valence-corrected chi connectivity index (χ2v) is 9.94. The minimum Gasteiger partial charge on any atom is -0.494 e. The van der Waals surface area contributed by atoms with Gasteiger partial charge in [-0.15, -0.1) is 0 Å². The molecule has 0 radical (unpaired) electrons. The largest absolute Gasteiger partial charge is 0.494 e. The van der Waals surface area contributed by atoms with Gasteiger partial charge >= 0.3 is 0 Å². The molecule has 8 nitrogen and oxygen atoms in total. The normalized spacial score (nSPS) is 14.5. The first-order chi connectivity index (χ1) is 18.0. The van der Waals surface area contributed by atoms with Crippen molar-refractivity contribution in [3.63, 3.8) is 0 Å². The second-order valence-electron chi connectivity index (χ2n) is 9.94. The number of aromatic amines is 1. The first-order valence-corrected chi connectivity index (χ1v) is 13.0. The molecule has 4 N–H and O–H groups in total. The number of anilines is 1. The van der Waals surface area contributed by atoms with E-state index in [9.17, 15) is 10.4 Å². The summed E-state index contributed by atoms with van der Waals surface area (Å²) < 4.78 is 8.44. The molecule has 2 aromatic heterocycles. The topological polar surface area (TPSA) is 111 Å². The van der Waals surface area contributed by atoms with E-state index in [0.717, 1.165) is 65.0 Å². The second kappa shape index (κ2) is 11.1. The van der Waals surface area contributed by atoms with Crippen molar-refractivity contribution in [2.24, 2.45) is 0 Å². The van der Waals surface area contributed by atoms with Crippen LogP contribution in [0.25, 0.3) is 22.2 Å². The third-order valence-electron chi connectivity index (χ3n) is 6.89. The number of hydrogen-bond acceptors (Lipinski definition) is 6. The number of aromatic nitrogens is 3. The lowest BCUT2D eigenvalue weighted by Gasteiger charge is -2.30. The number of rotatable bonds is 11. The molecule has 1 saturated carbocycles. The lowest BCUT2D eigenvalue weighted by Crippen LogP contribution is -2.40. The highest BCUT2D eigenvalue weighted by molar-refractivity contribution is 5.95. The maximum absolute atomic E-state index is 10.2. The summed E-state index contributed by atoms with van der Waals surface area (Å²) >= 11 is 0. The molecule has 2 heterocycles. The molecule has 0 saturated heterocycles. The minimum absolute atomic E-state index is 0.156. The molecule has 1 atom stereocenters. The predicted molar refractivity (Wildman–Crippen MR) is 145 cm³/mol. The van der Waals surface area contributed by atoms with Gasteiger partial charge in [0.25, 0.3) is 0 Å². The molecule has 37 heavy (non-hydrogen) atoms. The van der Waals surface area contributed by atoms with Gasteiger partial charge in [-0.05, 0) is 75.8 Å². The van der Waals surface area contributed by atoms with Gasteiger partial charge in [-0.25, -0.2) is 4.98 Å². The average molecular weight is 499 g/mol. The van der Waals surface area contributed by atoms with Crippen molar-refractivity contribution < 1.29 is 9.84 Å². The molecule has 0 bridgehead atoms. The van der Waals surface area contributed by atoms with Crippen LogP contribution in [0.4, 0.5) is 5.69 Å². The molecule has 192 valence electrons. The molecular weight excluding hydrogens is 464 g/mol. The number of nitrogens with one attached hydrogen (secondary N) is 3. The zero-order valence-corrected chi connectivity index (χ0v) is 21.4. The lowest BCUT2D eigenvalue weighted by atomic mass is 9.92. The van der Waals surface area contributed by atoms with E-state index < -0.39 is 6.35 Å². The van der Waals surface area contributed by atoms with E-state index in [1.807, 2.05) is 56.4 Å². The van der Waals surface area contributed by atoms with Crippen molar-refractivity contribution in [1.29, 1.82) is 5.26 Å². The molecule has 2 aromatic carbocycles. The van der Waals surface area contributed by atoms with Crippen LogP contribution in [-0.4, -0.2) is 38.6 Å². The van der Waals surface area contributed by atoms with Crippen LogP contribution in [0.15, 0.2) is 55.0 Å². The first-order valence-electron chi connectivity index (χ1n) is 13.0. The number of imidazole rings is 1. The quantitative estimate of drug-likeness (QED) is 0.164. The zero-order valence-electron chi connectivity index (χ0n) is 21.4. The van der Waals surface area contributed by atoms with Crippen molar-refractivity contribution in [3.8, 4) is 23.1 Å². The Morgan fingerprint density at radius 3 is 2.68 bits per heavy atom. The Balaban J connectivity index is 1.42. The van der Waals surface area contributed by atoms with E-state index in [0.29, 0.717) is 18.2 Å². The Kier molecular flexibility index (Phi) is 7.45. The van der Waals surface area contributed by atoms with E-state index >= 15 is 0 Å². The van der Waals surface area contributed by atoms with E-state index in [-0.39, 0.29) is 6.04 Å². The maximum Gasteiger partial charge on any atom is 0.181 e. The van der Waals surface area contributed by atoms with Gasteiger partial charge in [0.15, 0.2) is 6.35 Å². The van der Waals surface area contributed by atoms with Gasteiger partial charge < -0.3 is 24.7 Å². The molecule has 0 aliphatic heterocycles. The fourth-order valence-corrected chi connectivity index (χ4v) is 4.91. The van der Waals surface area contributed by atoms with Gasteiger partial charge in [-0.3, -0.25) is 5.32 Å². The van der Waals surface area contributed by atoms with E-state index in [1.54, 1.807) is 6.33 Å². The molecular formula is C29H34N6O2. The van der Waals surface area contributed by atoms with Crippen molar-refractivity contribution in [2.75, 3.05) is 11.9 Å². The number of hydrogen-bond donors (Lipinski definition) is 4. The summed E-state index contributed by atoms with van der Waals surface area (Å²) in [7, 11) is 0. The predicted octanol–water partition coefficient (Wildman–Crippen LogP) is 5.33. The van der Waals surface area contributed by atoms with Crippen LogP contribution in [0.2, 0.25) is 0 Å². The number of aliphatic hydroxyl groups is 1. The maximum atomic E-state index is 10.2. The summed E-state index contributed by atoms with van der Waals surface area (Å²) in [6.45, 7) is 4.57. The molecule has 1 aliphatic carbocycles. The van der Waals surface area contributed by atoms with Crippen LogP contribution in [0.1, 0.15) is 56.8 Å². The third-order valence-corrected chi connectivity index (χ3v) is 6.89. The Morgan fingerprint density at radius 1 is 1.22 bits per heavy atom. The number of benzene rings is 2. The molecule has 5 rings (SSSR count). The highest BCUT2D eigenvalue weighted by atomic mass is 16.5. The van der Waals surface area contributed by atoms with Crippen molar-refractivity contribution in [3.05, 3.63) is 66.2 Å². The zero-order chi connectivity index (χ0) is 25.8. The lowest BCUT2D eigenvalue weighted by molar-refractivity contribution is 0.155. The van der Waals surface area contributed by atoms with Gasteiger partial charge in [-0.2, -0.15) is 5.26 Å². The average Bonchev–Trinajstić information content (AvgIpc) is 3.47. The third kappa shape index (κ3) is 5.48. The number of H-pyrrole nitrogens is 1. The Bertz CT molecular complexity index is 1360. The van der Waals surface area contributed by atoms with Gasteiger partial charge in [-0.1, -0.05) is 12.1 Å². The van der Waals surface area contributed by atoms with Gasteiger partial charge in [0.05, 0.1) is 29.7 Å². The van der Waals surface area contributed by atoms with E-state index in [2.05, 4.69) is 37.3 Å². The summed E-state index contributed by atoms with van der Waals surface area (Å²) in [6, 6.07) is 17.0. The standard InChI is InChI=1S/C29H34N6O2/c1-19(2)33-29(36)34-21-10-8-20(9-11-21)28-26(16-30)25-13-12-24(15-27(25)35(28)23-6-3-7-23)37-14-4-5-22-17-31-18-32-22/h8-13,15,17-19,23,29,33-34,36H,3-7,14H2,1-2H3,(H,31,32). The van der Waals surface area contributed by atoms with Gasteiger partial charge in [0.1, 0.15) is 11.8 Å². The fourth-order valence-electron chi connectivity index (χ4n) is 4.91. The van der Waals surface area contributed by atoms with Crippen LogP contribution in [0.3, 0.4) is 0 Å². The molecule has 4 aromatic rings. The monoisotopic (exact) mass is 498 g/mol. The molecule has 1 aliphatic rings. The highest BCUT2D eigenvalue weighted by Gasteiger charge is 2.28. The SMILES string of the molecule is CC(C)NC(O)Nc1ccc(-c2c(C#N)c3ccc(OCCCc4cnc[nH]4)cc3n2C2CCC2)cc1. The number of nitrogens with zero attached hydrogens (tertiary/aromatic N) is 3. The number of ether oxygens (including phenoxy) is 1. The summed E-state index contributed by atoms with van der Waals surface area (Å²) in [5.41, 5.74) is 5.58. The van der Waals surface area contributed by atoms with Crippen LogP contribution in [0.5, 0.6) is 5.75 Å². The van der Waals surface area contributed by atoms with Crippen LogP contribution < -0.4 is 15.4 Å². The summed E-state index contributed by atoms with van der Waals surface area (Å²) in [5, 5.41) is 27.4. The van der Waals surface area contributed by atoms with Crippen LogP contribution in [-0.2, 0) is 6.42 Å². The van der Waals surface area contributed by atoms with Crippen LogP contribution in [0, 0.1) is 11.3 Å². The minimum atomic E-state index is -0.833. The number of aryl methyl sites for hydroxylation is 1. The number of aliphatic hydroxyl groups excluding tert-OH is 1. The molecule has 0 spiro atoms. The molecule has 8 heteroatoms. The highest BCUT2D eigenvalue weighted by Crippen LogP contribution is 2.43. The summed E-state index contributed by atoms with van der Waals surface area (Å²) in [5.74, 6) is 0.817. The fraction of sp³-hybridized carbons (Fsp3) is 0.379. The van der Waals surface area contributed by atoms with Gasteiger partial charge in [0, 0.05) is 41.1 Å². The number of fused-ring (bicyclic) bond motifs is 1. The first kappa shape index (κ1) is 24.9. The van der Waals surface area contributed by atoms with Crippen molar-refractivity contribution >= 4 is 16.6 Å². The van der Waals surface area contributed by atoms with Crippen molar-refractivity contribution in [2.45, 2.75) is 64.4 Å². The Labute approximate surface area is 217 Å². The molecule has 1 fully saturated rings. The van der Waals surface area contributed by atoms with Crippen molar-refractivity contribution in [1.82, 2.24) is 19.9 Å².